The number of rotatable bonds is 11. The molecule has 9 nitrogen and oxygen atoms in total. The first-order chi connectivity index (χ1) is 14.8. The summed E-state index contributed by atoms with van der Waals surface area (Å²) in [7, 11) is 0. The molecule has 166 valence electrons. The van der Waals surface area contributed by atoms with E-state index in [1.54, 1.807) is 0 Å². The quantitative estimate of drug-likeness (QED) is 0.186. The summed E-state index contributed by atoms with van der Waals surface area (Å²) in [5.74, 6) is -1.42. The molecule has 31 heavy (non-hydrogen) atoms. The van der Waals surface area contributed by atoms with Crippen molar-refractivity contribution in [3.05, 3.63) is 73.6 Å². The monoisotopic (exact) mass is 448 g/mol. The van der Waals surface area contributed by atoms with Crippen LogP contribution in [0.15, 0.2) is 47.4 Å². The van der Waals surface area contributed by atoms with Gasteiger partial charge in [-0.2, -0.15) is 0 Å². The fourth-order valence-electron chi connectivity index (χ4n) is 3.13. The smallest absolute Gasteiger partial charge is 0.270 e. The lowest BCUT2D eigenvalue weighted by atomic mass is 10.0. The second-order valence-electron chi connectivity index (χ2n) is 6.84. The number of nitrogens with one attached hydrogen (secondary N) is 1. The van der Waals surface area contributed by atoms with Gasteiger partial charge in [-0.15, -0.1) is 0 Å². The molecular formula is C21H25ClN4O5. The number of hydrogen-bond donors (Lipinski definition) is 1. The van der Waals surface area contributed by atoms with Crippen LogP contribution in [0.25, 0.3) is 0 Å². The molecule has 0 fully saturated rings. The SMILES string of the molecule is CCN(CC)CCCNC(=O)C(C(=O)c1cccc([N+](=O)[O-])c1)n1cc(Cl)ccc1=O. The summed E-state index contributed by atoms with van der Waals surface area (Å²) in [6, 6.07) is 6.02. The molecule has 1 aromatic heterocycles. The van der Waals surface area contributed by atoms with Gasteiger partial charge in [0.1, 0.15) is 0 Å². The number of aromatic nitrogens is 1. The summed E-state index contributed by atoms with van der Waals surface area (Å²) in [6.45, 7) is 6.94. The van der Waals surface area contributed by atoms with Crippen molar-refractivity contribution in [3.63, 3.8) is 0 Å². The van der Waals surface area contributed by atoms with Crippen LogP contribution < -0.4 is 10.9 Å². The number of non-ortho nitro benzene ring substituents is 1. The fraction of sp³-hybridized carbons (Fsp3) is 0.381. The Bertz CT molecular complexity index is 1000. The Morgan fingerprint density at radius 3 is 2.58 bits per heavy atom. The summed E-state index contributed by atoms with van der Waals surface area (Å²) in [5, 5.41) is 13.9. The number of nitro benzene ring substituents is 1. The van der Waals surface area contributed by atoms with Crippen molar-refractivity contribution in [2.45, 2.75) is 26.3 Å². The summed E-state index contributed by atoms with van der Waals surface area (Å²) >= 11 is 5.98. The zero-order valence-electron chi connectivity index (χ0n) is 17.4. The van der Waals surface area contributed by atoms with Gasteiger partial charge in [0.15, 0.2) is 11.8 Å². The maximum atomic E-state index is 13.2. The van der Waals surface area contributed by atoms with E-state index in [2.05, 4.69) is 10.2 Å². The van der Waals surface area contributed by atoms with Crippen LogP contribution in [-0.4, -0.2) is 52.3 Å². The van der Waals surface area contributed by atoms with Crippen LogP contribution in [0.5, 0.6) is 0 Å². The van der Waals surface area contributed by atoms with Gasteiger partial charge in [-0.25, -0.2) is 0 Å². The number of halogens is 1. The molecule has 0 aliphatic heterocycles. The van der Waals surface area contributed by atoms with E-state index in [0.717, 1.165) is 36.3 Å². The van der Waals surface area contributed by atoms with Gasteiger partial charge in [0.2, 0.25) is 0 Å². The number of Topliss-reactive ketones (excluding diaryl/α,β-unsaturated/α-hetero) is 1. The molecule has 0 spiro atoms. The van der Waals surface area contributed by atoms with Crippen molar-refractivity contribution < 1.29 is 14.5 Å². The van der Waals surface area contributed by atoms with Crippen LogP contribution >= 0.6 is 11.6 Å². The van der Waals surface area contributed by atoms with Crippen LogP contribution in [0.3, 0.4) is 0 Å². The number of nitrogens with zero attached hydrogens (tertiary/aromatic N) is 3. The van der Waals surface area contributed by atoms with E-state index in [1.807, 2.05) is 13.8 Å². The number of benzene rings is 1. The van der Waals surface area contributed by atoms with Crippen LogP contribution in [0, 0.1) is 10.1 Å². The highest BCUT2D eigenvalue weighted by molar-refractivity contribution is 6.30. The number of carbonyl (C=O) groups is 2. The summed E-state index contributed by atoms with van der Waals surface area (Å²) < 4.78 is 0.948. The molecule has 1 unspecified atom stereocenters. The maximum Gasteiger partial charge on any atom is 0.270 e. The molecule has 0 radical (unpaired) electrons. The fourth-order valence-corrected chi connectivity index (χ4v) is 3.30. The predicted molar refractivity (Wildman–Crippen MR) is 118 cm³/mol. The van der Waals surface area contributed by atoms with Gasteiger partial charge in [-0.05, 0) is 32.1 Å². The Labute approximate surface area is 184 Å². The number of pyridine rings is 1. The molecule has 2 aromatic rings. The first-order valence-corrected chi connectivity index (χ1v) is 10.3. The van der Waals surface area contributed by atoms with Crippen LogP contribution in [-0.2, 0) is 4.79 Å². The molecular weight excluding hydrogens is 424 g/mol. The predicted octanol–water partition coefficient (Wildman–Crippen LogP) is 2.68. The van der Waals surface area contributed by atoms with E-state index < -0.39 is 28.2 Å². The van der Waals surface area contributed by atoms with Crippen LogP contribution in [0.4, 0.5) is 5.69 Å². The molecule has 1 heterocycles. The van der Waals surface area contributed by atoms with Gasteiger partial charge >= 0.3 is 0 Å². The lowest BCUT2D eigenvalue weighted by Crippen LogP contribution is -2.42. The normalized spacial score (nSPS) is 11.9. The molecule has 0 aliphatic rings. The van der Waals surface area contributed by atoms with Crippen molar-refractivity contribution >= 4 is 29.0 Å². The van der Waals surface area contributed by atoms with Crippen molar-refractivity contribution in [2.75, 3.05) is 26.2 Å². The Balaban J connectivity index is 2.31. The Kier molecular flexibility index (Phi) is 8.89. The van der Waals surface area contributed by atoms with Crippen molar-refractivity contribution in [1.29, 1.82) is 0 Å². The molecule has 0 bridgehead atoms. The molecule has 1 aromatic carbocycles. The first kappa shape index (κ1) is 24.2. The lowest BCUT2D eigenvalue weighted by molar-refractivity contribution is -0.384. The van der Waals surface area contributed by atoms with Crippen molar-refractivity contribution in [2.24, 2.45) is 0 Å². The number of carbonyl (C=O) groups excluding carboxylic acids is 2. The molecule has 1 amide bonds. The number of ketones is 1. The minimum absolute atomic E-state index is 0.0515. The lowest BCUT2D eigenvalue weighted by Gasteiger charge is -2.20. The second kappa shape index (κ2) is 11.4. The van der Waals surface area contributed by atoms with Gasteiger partial charge in [-0.1, -0.05) is 37.6 Å². The van der Waals surface area contributed by atoms with Crippen LogP contribution in [0.2, 0.25) is 5.02 Å². The minimum atomic E-state index is -1.54. The highest BCUT2D eigenvalue weighted by atomic mass is 35.5. The number of amides is 1. The van der Waals surface area contributed by atoms with E-state index in [4.69, 9.17) is 11.6 Å². The summed E-state index contributed by atoms with van der Waals surface area (Å²) in [5.41, 5.74) is -0.932. The van der Waals surface area contributed by atoms with Gasteiger partial charge < -0.3 is 10.2 Å². The molecule has 1 N–H and O–H groups in total. The topological polar surface area (TPSA) is 115 Å². The standard InChI is InChI=1S/C21H25ClN4O5/c1-3-24(4-2)12-6-11-23-21(29)19(25-14-16(22)9-10-18(25)27)20(28)15-7-5-8-17(13-15)26(30)31/h5,7-10,13-14,19H,3-4,6,11-12H2,1-2H3,(H,23,29). The highest BCUT2D eigenvalue weighted by Crippen LogP contribution is 2.20. The molecule has 0 saturated heterocycles. The van der Waals surface area contributed by atoms with Gasteiger partial charge in [0.05, 0.1) is 9.95 Å². The third-order valence-corrected chi connectivity index (χ3v) is 5.09. The number of hydrogen-bond acceptors (Lipinski definition) is 6. The van der Waals surface area contributed by atoms with Crippen LogP contribution in [0.1, 0.15) is 36.7 Å². The second-order valence-corrected chi connectivity index (χ2v) is 7.27. The molecule has 1 atom stereocenters. The Morgan fingerprint density at radius 2 is 1.94 bits per heavy atom. The average Bonchev–Trinajstić information content (AvgIpc) is 2.76. The zero-order chi connectivity index (χ0) is 23.0. The molecule has 0 saturated carbocycles. The van der Waals surface area contributed by atoms with Gasteiger partial charge in [0, 0.05) is 36.5 Å². The van der Waals surface area contributed by atoms with E-state index in [0.29, 0.717) is 13.0 Å². The third-order valence-electron chi connectivity index (χ3n) is 4.86. The zero-order valence-corrected chi connectivity index (χ0v) is 18.2. The average molecular weight is 449 g/mol. The van der Waals surface area contributed by atoms with E-state index >= 15 is 0 Å². The molecule has 10 heteroatoms. The van der Waals surface area contributed by atoms with E-state index in [-0.39, 0.29) is 16.3 Å². The van der Waals surface area contributed by atoms with E-state index in [9.17, 15) is 24.5 Å². The molecule has 0 aliphatic carbocycles. The Morgan fingerprint density at radius 1 is 1.23 bits per heavy atom. The van der Waals surface area contributed by atoms with E-state index in [1.165, 1.54) is 30.5 Å². The van der Waals surface area contributed by atoms with Gasteiger partial charge in [0.25, 0.3) is 17.2 Å². The molecule has 2 rings (SSSR count). The minimum Gasteiger partial charge on any atom is -0.354 e. The highest BCUT2D eigenvalue weighted by Gasteiger charge is 2.31. The van der Waals surface area contributed by atoms with Crippen molar-refractivity contribution in [1.82, 2.24) is 14.8 Å². The first-order valence-electron chi connectivity index (χ1n) is 9.94. The summed E-state index contributed by atoms with van der Waals surface area (Å²) in [4.78, 5) is 51.1. The Hall–Kier alpha value is -3.04. The summed E-state index contributed by atoms with van der Waals surface area (Å²) in [6.07, 6.45) is 1.87. The van der Waals surface area contributed by atoms with Gasteiger partial charge in [-0.3, -0.25) is 29.1 Å². The third kappa shape index (κ3) is 6.47. The van der Waals surface area contributed by atoms with Crippen molar-refractivity contribution in [3.8, 4) is 0 Å². The largest absolute Gasteiger partial charge is 0.354 e. The maximum absolute atomic E-state index is 13.2. The number of nitro groups is 1.